The quantitative estimate of drug-likeness (QED) is 0.498. The molecule has 1 atom stereocenters. The number of amides is 2. The molecule has 9 heteroatoms. The monoisotopic (exact) mass is 458 g/mol. The SMILES string of the molecule is CCOc1ccc(C(=O)N[C@H](C(=O)OCC(=O)Nc2cc(OC)cc(OC)c2)C(C)C)cc1. The van der Waals surface area contributed by atoms with Gasteiger partial charge in [0.1, 0.15) is 23.3 Å². The highest BCUT2D eigenvalue weighted by molar-refractivity contribution is 5.97. The molecule has 2 aromatic carbocycles. The maximum absolute atomic E-state index is 12.6. The molecule has 2 N–H and O–H groups in total. The number of hydrogen-bond donors (Lipinski definition) is 2. The maximum atomic E-state index is 12.6. The molecule has 0 aliphatic rings. The Bertz CT molecular complexity index is 936. The Labute approximate surface area is 193 Å². The van der Waals surface area contributed by atoms with Crippen LogP contribution in [0.4, 0.5) is 5.69 Å². The highest BCUT2D eigenvalue weighted by atomic mass is 16.5. The summed E-state index contributed by atoms with van der Waals surface area (Å²) in [5.74, 6) is -0.288. The van der Waals surface area contributed by atoms with E-state index < -0.39 is 30.4 Å². The van der Waals surface area contributed by atoms with E-state index >= 15 is 0 Å². The van der Waals surface area contributed by atoms with E-state index in [1.54, 1.807) is 56.3 Å². The number of hydrogen-bond acceptors (Lipinski definition) is 7. The van der Waals surface area contributed by atoms with Crippen LogP contribution in [0.25, 0.3) is 0 Å². The summed E-state index contributed by atoms with van der Waals surface area (Å²) in [6.07, 6.45) is 0. The van der Waals surface area contributed by atoms with Gasteiger partial charge in [-0.15, -0.1) is 0 Å². The summed E-state index contributed by atoms with van der Waals surface area (Å²) in [5.41, 5.74) is 0.804. The topological polar surface area (TPSA) is 112 Å². The Hall–Kier alpha value is -3.75. The highest BCUT2D eigenvalue weighted by Crippen LogP contribution is 2.25. The minimum Gasteiger partial charge on any atom is -0.497 e. The molecular weight excluding hydrogens is 428 g/mol. The molecule has 0 fully saturated rings. The van der Waals surface area contributed by atoms with Crippen molar-refractivity contribution in [2.75, 3.05) is 32.8 Å². The van der Waals surface area contributed by atoms with E-state index in [4.69, 9.17) is 18.9 Å². The third-order valence-electron chi connectivity index (χ3n) is 4.62. The van der Waals surface area contributed by atoms with Gasteiger partial charge in [0.05, 0.1) is 20.8 Å². The van der Waals surface area contributed by atoms with Gasteiger partial charge >= 0.3 is 5.97 Å². The van der Waals surface area contributed by atoms with Crippen molar-refractivity contribution < 1.29 is 33.3 Å². The second kappa shape index (κ2) is 12.3. The Morgan fingerprint density at radius 1 is 0.909 bits per heavy atom. The average Bonchev–Trinajstić information content (AvgIpc) is 2.81. The Morgan fingerprint density at radius 3 is 2.03 bits per heavy atom. The standard InChI is InChI=1S/C24H30N2O7/c1-6-32-18-9-7-16(8-10-18)23(28)26-22(15(2)3)24(29)33-14-21(27)25-17-11-19(30-4)13-20(12-17)31-5/h7-13,15,22H,6,14H2,1-5H3,(H,25,27)(H,26,28)/t22-/m0/s1. The first-order valence-electron chi connectivity index (χ1n) is 10.5. The molecule has 9 nitrogen and oxygen atoms in total. The van der Waals surface area contributed by atoms with Gasteiger partial charge in [0, 0.05) is 29.4 Å². The fourth-order valence-electron chi connectivity index (χ4n) is 2.89. The van der Waals surface area contributed by atoms with Crippen molar-refractivity contribution in [3.8, 4) is 17.2 Å². The number of methoxy groups -OCH3 is 2. The van der Waals surface area contributed by atoms with E-state index in [0.29, 0.717) is 35.1 Å². The van der Waals surface area contributed by atoms with Crippen molar-refractivity contribution >= 4 is 23.5 Å². The molecule has 2 aromatic rings. The van der Waals surface area contributed by atoms with Crippen LogP contribution in [-0.2, 0) is 14.3 Å². The van der Waals surface area contributed by atoms with Crippen molar-refractivity contribution in [2.45, 2.75) is 26.8 Å². The molecule has 0 saturated heterocycles. The zero-order valence-corrected chi connectivity index (χ0v) is 19.5. The number of carbonyl (C=O) groups excluding carboxylic acids is 3. The first-order valence-corrected chi connectivity index (χ1v) is 10.5. The number of rotatable bonds is 11. The van der Waals surface area contributed by atoms with Crippen LogP contribution in [0, 0.1) is 5.92 Å². The normalized spacial score (nSPS) is 11.3. The Balaban J connectivity index is 1.95. The molecule has 0 heterocycles. The summed E-state index contributed by atoms with van der Waals surface area (Å²) in [4.78, 5) is 37.4. The molecule has 0 aromatic heterocycles. The maximum Gasteiger partial charge on any atom is 0.329 e. The minimum absolute atomic E-state index is 0.255. The summed E-state index contributed by atoms with van der Waals surface area (Å²) in [5, 5.41) is 5.29. The predicted molar refractivity (Wildman–Crippen MR) is 123 cm³/mol. The summed E-state index contributed by atoms with van der Waals surface area (Å²) in [6, 6.07) is 10.5. The van der Waals surface area contributed by atoms with Gasteiger partial charge in [-0.1, -0.05) is 13.8 Å². The van der Waals surface area contributed by atoms with E-state index in [0.717, 1.165) is 0 Å². The van der Waals surface area contributed by atoms with Crippen molar-refractivity contribution in [2.24, 2.45) is 5.92 Å². The van der Waals surface area contributed by atoms with E-state index in [9.17, 15) is 14.4 Å². The smallest absolute Gasteiger partial charge is 0.329 e. The zero-order valence-electron chi connectivity index (χ0n) is 19.5. The molecule has 0 saturated carbocycles. The minimum atomic E-state index is -0.922. The van der Waals surface area contributed by atoms with Crippen molar-refractivity contribution in [3.63, 3.8) is 0 Å². The van der Waals surface area contributed by atoms with Gasteiger partial charge in [-0.2, -0.15) is 0 Å². The van der Waals surface area contributed by atoms with E-state index in [-0.39, 0.29) is 5.92 Å². The summed E-state index contributed by atoms with van der Waals surface area (Å²) in [6.45, 7) is 5.42. The van der Waals surface area contributed by atoms with Crippen LogP contribution in [0.15, 0.2) is 42.5 Å². The van der Waals surface area contributed by atoms with Crippen molar-refractivity contribution in [1.82, 2.24) is 5.32 Å². The number of benzene rings is 2. The molecule has 0 aliphatic carbocycles. The second-order valence-corrected chi connectivity index (χ2v) is 7.41. The van der Waals surface area contributed by atoms with Crippen molar-refractivity contribution in [1.29, 1.82) is 0 Å². The predicted octanol–water partition coefficient (Wildman–Crippen LogP) is 3.04. The van der Waals surface area contributed by atoms with Crippen LogP contribution < -0.4 is 24.8 Å². The van der Waals surface area contributed by atoms with Crippen LogP contribution >= 0.6 is 0 Å². The summed E-state index contributed by atoms with van der Waals surface area (Å²) < 4.78 is 20.8. The number of nitrogens with one attached hydrogen (secondary N) is 2. The van der Waals surface area contributed by atoms with Crippen LogP contribution in [0.2, 0.25) is 0 Å². The van der Waals surface area contributed by atoms with Crippen LogP contribution in [0.1, 0.15) is 31.1 Å². The largest absolute Gasteiger partial charge is 0.497 e. The van der Waals surface area contributed by atoms with Gasteiger partial charge in [-0.3, -0.25) is 9.59 Å². The molecule has 178 valence electrons. The summed E-state index contributed by atoms with van der Waals surface area (Å²) >= 11 is 0. The molecular formula is C24H30N2O7. The Kier molecular flexibility index (Phi) is 9.53. The lowest BCUT2D eigenvalue weighted by Gasteiger charge is -2.21. The summed E-state index contributed by atoms with van der Waals surface area (Å²) in [7, 11) is 2.99. The van der Waals surface area contributed by atoms with Gasteiger partial charge in [-0.05, 0) is 37.1 Å². The fraction of sp³-hybridized carbons (Fsp3) is 0.375. The molecule has 0 spiro atoms. The molecule has 0 radical (unpaired) electrons. The lowest BCUT2D eigenvalue weighted by molar-refractivity contribution is -0.150. The van der Waals surface area contributed by atoms with E-state index in [1.807, 2.05) is 6.92 Å². The van der Waals surface area contributed by atoms with Crippen LogP contribution in [0.3, 0.4) is 0 Å². The molecule has 0 aliphatic heterocycles. The number of esters is 1. The van der Waals surface area contributed by atoms with Gasteiger partial charge in [0.15, 0.2) is 6.61 Å². The molecule has 0 unspecified atom stereocenters. The van der Waals surface area contributed by atoms with Gasteiger partial charge < -0.3 is 29.6 Å². The van der Waals surface area contributed by atoms with Crippen LogP contribution in [-0.4, -0.2) is 51.3 Å². The first-order chi connectivity index (χ1) is 15.8. The molecule has 0 bridgehead atoms. The van der Waals surface area contributed by atoms with E-state index in [2.05, 4.69) is 10.6 Å². The fourth-order valence-corrected chi connectivity index (χ4v) is 2.89. The van der Waals surface area contributed by atoms with Gasteiger partial charge in [0.2, 0.25) is 0 Å². The third-order valence-corrected chi connectivity index (χ3v) is 4.62. The lowest BCUT2D eigenvalue weighted by Crippen LogP contribution is -2.45. The van der Waals surface area contributed by atoms with Gasteiger partial charge in [0.25, 0.3) is 11.8 Å². The number of anilines is 1. The average molecular weight is 459 g/mol. The van der Waals surface area contributed by atoms with Crippen LogP contribution in [0.5, 0.6) is 17.2 Å². The second-order valence-electron chi connectivity index (χ2n) is 7.41. The molecule has 33 heavy (non-hydrogen) atoms. The molecule has 2 rings (SSSR count). The molecule has 2 amide bonds. The Morgan fingerprint density at radius 2 is 1.52 bits per heavy atom. The lowest BCUT2D eigenvalue weighted by atomic mass is 10.0. The first kappa shape index (κ1) is 25.5. The highest BCUT2D eigenvalue weighted by Gasteiger charge is 2.27. The van der Waals surface area contributed by atoms with Gasteiger partial charge in [-0.25, -0.2) is 4.79 Å². The number of carbonyl (C=O) groups is 3. The van der Waals surface area contributed by atoms with Crippen molar-refractivity contribution in [3.05, 3.63) is 48.0 Å². The third kappa shape index (κ3) is 7.71. The zero-order chi connectivity index (χ0) is 24.4. The van der Waals surface area contributed by atoms with E-state index in [1.165, 1.54) is 14.2 Å². The number of ether oxygens (including phenoxy) is 4.